The largest absolute Gasteiger partial charge is 0.367 e. The first-order valence-electron chi connectivity index (χ1n) is 11.7. The molecule has 13 heteroatoms. The minimum atomic E-state index is -3.82. The summed E-state index contributed by atoms with van der Waals surface area (Å²) in [5, 5.41) is 9.96. The Morgan fingerprint density at radius 2 is 1.83 bits per heavy atom. The van der Waals surface area contributed by atoms with Crippen molar-refractivity contribution in [2.24, 2.45) is 5.92 Å². The van der Waals surface area contributed by atoms with Gasteiger partial charge in [0.15, 0.2) is 5.01 Å². The van der Waals surface area contributed by atoms with Gasteiger partial charge in [0.05, 0.1) is 15.3 Å². The zero-order valence-corrected chi connectivity index (χ0v) is 22.6. The van der Waals surface area contributed by atoms with Crippen molar-refractivity contribution in [2.45, 2.75) is 50.5 Å². The van der Waals surface area contributed by atoms with Crippen molar-refractivity contribution in [1.29, 1.82) is 0 Å². The van der Waals surface area contributed by atoms with Crippen LogP contribution >= 0.6 is 22.7 Å². The van der Waals surface area contributed by atoms with Gasteiger partial charge in [-0.3, -0.25) is 4.79 Å². The number of thiophene rings is 1. The van der Waals surface area contributed by atoms with Crippen molar-refractivity contribution in [3.05, 3.63) is 22.5 Å². The number of benzene rings is 1. The monoisotopic (exact) mass is 555 g/mol. The first kappa shape index (κ1) is 25.4. The van der Waals surface area contributed by atoms with Crippen LogP contribution in [0.3, 0.4) is 0 Å². The lowest BCUT2D eigenvalue weighted by Crippen LogP contribution is -2.50. The number of anilines is 1. The second kappa shape index (κ2) is 9.26. The average molecular weight is 556 g/mol. The lowest BCUT2D eigenvalue weighted by atomic mass is 10.1. The van der Waals surface area contributed by atoms with Crippen LogP contribution in [0.1, 0.15) is 45.0 Å². The van der Waals surface area contributed by atoms with Crippen LogP contribution in [0.25, 0.3) is 20.7 Å². The number of nitrogens with one attached hydrogen (secondary N) is 1. The maximum absolute atomic E-state index is 13.3. The molecular weight excluding hydrogens is 528 g/mol. The number of sulfonamides is 1. The summed E-state index contributed by atoms with van der Waals surface area (Å²) >= 11 is 2.22. The molecule has 0 bridgehead atoms. The third kappa shape index (κ3) is 4.85. The van der Waals surface area contributed by atoms with Gasteiger partial charge in [-0.05, 0) is 31.9 Å². The standard InChI is InChI=1S/C23H27F2N5O3S3/c1-13(2)22(31)30-8-6-29(7-9-30)17-11-14(36(32,33)28-23(3)4-5-23)10-15-16(12-34-18(15)17)20-26-27-21(35-20)19(24)25/h10-13,19,28H,4-9H2,1-3H3. The van der Waals surface area contributed by atoms with E-state index in [0.717, 1.165) is 34.6 Å². The van der Waals surface area contributed by atoms with E-state index < -0.39 is 22.0 Å². The first-order valence-corrected chi connectivity index (χ1v) is 14.9. The maximum Gasteiger partial charge on any atom is 0.291 e. The van der Waals surface area contributed by atoms with E-state index in [2.05, 4.69) is 19.8 Å². The highest BCUT2D eigenvalue weighted by Gasteiger charge is 2.41. The summed E-state index contributed by atoms with van der Waals surface area (Å²) in [6.45, 7) is 7.82. The highest BCUT2D eigenvalue weighted by atomic mass is 32.2. The van der Waals surface area contributed by atoms with Crippen LogP contribution < -0.4 is 9.62 Å². The Hall–Kier alpha value is -2.22. The van der Waals surface area contributed by atoms with Gasteiger partial charge in [-0.2, -0.15) is 0 Å². The van der Waals surface area contributed by atoms with Crippen molar-refractivity contribution in [3.8, 4) is 10.6 Å². The summed E-state index contributed by atoms with van der Waals surface area (Å²) < 4.78 is 56.6. The Morgan fingerprint density at radius 1 is 1.14 bits per heavy atom. The Labute approximate surface area is 216 Å². The molecular formula is C23H27F2N5O3S3. The number of carbonyl (C=O) groups excluding carboxylic acids is 1. The third-order valence-electron chi connectivity index (χ3n) is 6.60. The van der Waals surface area contributed by atoms with E-state index in [1.807, 2.05) is 31.1 Å². The fourth-order valence-electron chi connectivity index (χ4n) is 4.29. The van der Waals surface area contributed by atoms with Gasteiger partial charge in [0.2, 0.25) is 15.9 Å². The summed E-state index contributed by atoms with van der Waals surface area (Å²) in [7, 11) is -3.82. The van der Waals surface area contributed by atoms with Gasteiger partial charge in [0, 0.05) is 54.0 Å². The number of carbonyl (C=O) groups is 1. The van der Waals surface area contributed by atoms with E-state index in [1.165, 1.54) is 11.3 Å². The van der Waals surface area contributed by atoms with Crippen molar-refractivity contribution in [1.82, 2.24) is 19.8 Å². The number of hydrogen-bond donors (Lipinski definition) is 1. The van der Waals surface area contributed by atoms with Gasteiger partial charge in [0.1, 0.15) is 5.01 Å². The van der Waals surface area contributed by atoms with Crippen LogP contribution in [-0.2, 0) is 14.8 Å². The topological polar surface area (TPSA) is 95.5 Å². The average Bonchev–Trinajstić information content (AvgIpc) is 3.22. The summed E-state index contributed by atoms with van der Waals surface area (Å²) in [5.74, 6) is 0.0130. The van der Waals surface area contributed by atoms with Gasteiger partial charge < -0.3 is 9.80 Å². The quantitative estimate of drug-likeness (QED) is 0.462. The van der Waals surface area contributed by atoms with Crippen molar-refractivity contribution < 1.29 is 22.0 Å². The highest BCUT2D eigenvalue weighted by molar-refractivity contribution is 7.89. The fourth-order valence-corrected chi connectivity index (χ4v) is 7.68. The molecule has 0 atom stereocenters. The maximum atomic E-state index is 13.3. The molecule has 0 unspecified atom stereocenters. The predicted molar refractivity (Wildman–Crippen MR) is 137 cm³/mol. The van der Waals surface area contributed by atoms with Gasteiger partial charge in [-0.1, -0.05) is 25.2 Å². The number of fused-ring (bicyclic) bond motifs is 1. The molecule has 1 amide bonds. The van der Waals surface area contributed by atoms with Crippen LogP contribution in [0.15, 0.2) is 22.4 Å². The second-order valence-electron chi connectivity index (χ2n) is 9.85. The van der Waals surface area contributed by atoms with E-state index in [4.69, 9.17) is 0 Å². The number of piperazine rings is 1. The predicted octanol–water partition coefficient (Wildman–Crippen LogP) is 4.49. The Balaban J connectivity index is 1.57. The van der Waals surface area contributed by atoms with E-state index >= 15 is 0 Å². The van der Waals surface area contributed by atoms with Gasteiger partial charge >= 0.3 is 0 Å². The number of nitrogens with zero attached hydrogens (tertiary/aromatic N) is 4. The molecule has 3 heterocycles. The smallest absolute Gasteiger partial charge is 0.291 e. The van der Waals surface area contributed by atoms with Crippen LogP contribution in [0.5, 0.6) is 0 Å². The first-order chi connectivity index (χ1) is 17.0. The van der Waals surface area contributed by atoms with E-state index in [9.17, 15) is 22.0 Å². The number of alkyl halides is 2. The Morgan fingerprint density at radius 3 is 2.42 bits per heavy atom. The molecule has 0 spiro atoms. The molecule has 8 nitrogen and oxygen atoms in total. The number of hydrogen-bond acceptors (Lipinski definition) is 8. The molecule has 2 aromatic heterocycles. The number of amides is 1. The van der Waals surface area contributed by atoms with Gasteiger partial charge in [0.25, 0.3) is 6.43 Å². The highest BCUT2D eigenvalue weighted by Crippen LogP contribution is 2.43. The molecule has 2 fully saturated rings. The molecule has 2 aliphatic rings. The minimum absolute atomic E-state index is 0.0866. The lowest BCUT2D eigenvalue weighted by Gasteiger charge is -2.37. The molecule has 1 aromatic carbocycles. The Kier molecular flexibility index (Phi) is 6.54. The summed E-state index contributed by atoms with van der Waals surface area (Å²) in [6, 6.07) is 3.28. The summed E-state index contributed by atoms with van der Waals surface area (Å²) in [6.07, 6.45) is -1.17. The molecule has 1 aliphatic heterocycles. The number of rotatable bonds is 7. The van der Waals surface area contributed by atoms with Crippen molar-refractivity contribution in [3.63, 3.8) is 0 Å². The van der Waals surface area contributed by atoms with Crippen LogP contribution in [0.2, 0.25) is 0 Å². The van der Waals surface area contributed by atoms with Crippen LogP contribution in [-0.4, -0.2) is 61.1 Å². The normalized spacial score (nSPS) is 18.0. The van der Waals surface area contributed by atoms with E-state index in [0.29, 0.717) is 42.1 Å². The number of halogens is 2. The van der Waals surface area contributed by atoms with Gasteiger partial charge in [-0.15, -0.1) is 21.5 Å². The summed E-state index contributed by atoms with van der Waals surface area (Å²) in [4.78, 5) is 16.5. The van der Waals surface area contributed by atoms with Crippen molar-refractivity contribution in [2.75, 3.05) is 31.1 Å². The molecule has 1 N–H and O–H groups in total. The Bertz CT molecular complexity index is 1410. The second-order valence-corrected chi connectivity index (χ2v) is 13.4. The zero-order chi connectivity index (χ0) is 25.8. The van der Waals surface area contributed by atoms with Crippen LogP contribution in [0, 0.1) is 5.92 Å². The fraction of sp³-hybridized carbons (Fsp3) is 0.522. The van der Waals surface area contributed by atoms with Crippen molar-refractivity contribution >= 4 is 54.4 Å². The SMILES string of the molecule is CC(C)C(=O)N1CCN(c2cc(S(=O)(=O)NC3(C)CC3)cc3c(-c4nnc(C(F)F)s4)csc23)CC1. The molecule has 1 saturated carbocycles. The molecule has 0 radical (unpaired) electrons. The van der Waals surface area contributed by atoms with Crippen LogP contribution in [0.4, 0.5) is 14.5 Å². The molecule has 1 aliphatic carbocycles. The molecule has 36 heavy (non-hydrogen) atoms. The zero-order valence-electron chi connectivity index (χ0n) is 20.1. The third-order valence-corrected chi connectivity index (χ3v) is 10.2. The minimum Gasteiger partial charge on any atom is -0.367 e. The molecule has 194 valence electrons. The summed E-state index contributed by atoms with van der Waals surface area (Å²) in [5.41, 5.74) is 0.893. The van der Waals surface area contributed by atoms with Gasteiger partial charge in [-0.25, -0.2) is 21.9 Å². The van der Waals surface area contributed by atoms with E-state index in [-0.39, 0.29) is 21.7 Å². The lowest BCUT2D eigenvalue weighted by molar-refractivity contribution is -0.134. The van der Waals surface area contributed by atoms with E-state index in [1.54, 1.807) is 12.1 Å². The molecule has 1 saturated heterocycles. The molecule has 3 aromatic rings. The molecule has 5 rings (SSSR count). The number of aromatic nitrogens is 2.